The minimum atomic E-state index is -1.25. The Balaban J connectivity index is 1.69. The fourth-order valence-electron chi connectivity index (χ4n) is 3.41. The lowest BCUT2D eigenvalue weighted by molar-refractivity contribution is 0.0693. The highest BCUT2D eigenvalue weighted by atomic mass is 16.4. The van der Waals surface area contributed by atoms with E-state index in [2.05, 4.69) is 12.1 Å². The number of carbonyl (C=O) groups excluding carboxylic acids is 1. The van der Waals surface area contributed by atoms with Crippen molar-refractivity contribution in [1.29, 1.82) is 0 Å². The topological polar surface area (TPSA) is 104 Å². The van der Waals surface area contributed by atoms with Crippen LogP contribution < -0.4 is 5.73 Å². The molecule has 3 rings (SSSR count). The van der Waals surface area contributed by atoms with E-state index in [9.17, 15) is 14.7 Å². The number of nitrogens with two attached hydrogens (primary N) is 1. The Morgan fingerprint density at radius 2 is 1.85 bits per heavy atom. The van der Waals surface area contributed by atoms with Crippen molar-refractivity contribution in [3.63, 3.8) is 0 Å². The van der Waals surface area contributed by atoms with Crippen LogP contribution >= 0.6 is 0 Å². The van der Waals surface area contributed by atoms with Crippen LogP contribution in [0.4, 0.5) is 0 Å². The Labute approximate surface area is 151 Å². The molecule has 0 unspecified atom stereocenters. The van der Waals surface area contributed by atoms with Crippen LogP contribution in [-0.4, -0.2) is 40.1 Å². The van der Waals surface area contributed by atoms with Gasteiger partial charge in [-0.1, -0.05) is 24.3 Å². The van der Waals surface area contributed by atoms with E-state index in [-0.39, 0.29) is 22.8 Å². The quantitative estimate of drug-likeness (QED) is 0.783. The van der Waals surface area contributed by atoms with Gasteiger partial charge in [-0.25, -0.2) is 4.79 Å². The van der Waals surface area contributed by atoms with Crippen molar-refractivity contribution in [1.82, 2.24) is 4.90 Å². The predicted molar refractivity (Wildman–Crippen MR) is 97.3 cm³/mol. The first kappa shape index (κ1) is 17.9. The molecular weight excluding hydrogens is 332 g/mol. The fraction of sp³-hybridized carbons (Fsp3) is 0.300. The maximum absolute atomic E-state index is 12.7. The van der Waals surface area contributed by atoms with Gasteiger partial charge in [0, 0.05) is 25.2 Å². The second-order valence-corrected chi connectivity index (χ2v) is 6.55. The van der Waals surface area contributed by atoms with Crippen LogP contribution in [-0.2, 0) is 6.54 Å². The number of hydrogen-bond donors (Lipinski definition) is 3. The van der Waals surface area contributed by atoms with Gasteiger partial charge in [-0.05, 0) is 48.1 Å². The smallest absolute Gasteiger partial charge is 0.339 e. The summed E-state index contributed by atoms with van der Waals surface area (Å²) in [5.74, 6) is -1.41. The summed E-state index contributed by atoms with van der Waals surface area (Å²) in [6.07, 6.45) is 1.70. The van der Waals surface area contributed by atoms with Gasteiger partial charge in [0.05, 0.1) is 0 Å². The summed E-state index contributed by atoms with van der Waals surface area (Å²) < 4.78 is 0. The summed E-state index contributed by atoms with van der Waals surface area (Å²) in [7, 11) is 0. The third-order valence-electron chi connectivity index (χ3n) is 4.91. The molecule has 26 heavy (non-hydrogen) atoms. The van der Waals surface area contributed by atoms with Crippen LogP contribution in [0.5, 0.6) is 5.75 Å². The van der Waals surface area contributed by atoms with Crippen LogP contribution in [0.1, 0.15) is 50.6 Å². The van der Waals surface area contributed by atoms with Gasteiger partial charge in [-0.3, -0.25) is 4.79 Å². The molecule has 6 heteroatoms. The number of aromatic carboxylic acids is 1. The molecule has 2 aromatic carbocycles. The molecule has 6 nitrogen and oxygen atoms in total. The average molecular weight is 354 g/mol. The fourth-order valence-corrected chi connectivity index (χ4v) is 3.41. The Morgan fingerprint density at radius 1 is 1.12 bits per heavy atom. The van der Waals surface area contributed by atoms with E-state index in [4.69, 9.17) is 10.8 Å². The van der Waals surface area contributed by atoms with Gasteiger partial charge in [-0.2, -0.15) is 0 Å². The van der Waals surface area contributed by atoms with Crippen molar-refractivity contribution in [3.8, 4) is 5.75 Å². The molecular formula is C20H22N2O4. The van der Waals surface area contributed by atoms with Crippen molar-refractivity contribution in [2.45, 2.75) is 25.3 Å². The highest BCUT2D eigenvalue weighted by Crippen LogP contribution is 2.29. The van der Waals surface area contributed by atoms with Crippen LogP contribution in [0.3, 0.4) is 0 Å². The minimum Gasteiger partial charge on any atom is -0.507 e. The van der Waals surface area contributed by atoms with E-state index in [0.29, 0.717) is 25.6 Å². The normalized spacial score (nSPS) is 15.0. The number of amides is 1. The zero-order valence-corrected chi connectivity index (χ0v) is 14.4. The molecule has 0 saturated carbocycles. The molecule has 1 heterocycles. The molecule has 1 fully saturated rings. The number of aromatic hydroxyl groups is 1. The molecule has 0 spiro atoms. The number of nitrogens with zero attached hydrogens (tertiary/aromatic N) is 1. The lowest BCUT2D eigenvalue weighted by atomic mass is 9.88. The lowest BCUT2D eigenvalue weighted by Crippen LogP contribution is -2.38. The number of carboxylic acids is 1. The number of piperidine rings is 1. The minimum absolute atomic E-state index is 0.207. The van der Waals surface area contributed by atoms with Gasteiger partial charge in [-0.15, -0.1) is 0 Å². The molecule has 4 N–H and O–H groups in total. The van der Waals surface area contributed by atoms with Gasteiger partial charge in [0.25, 0.3) is 5.91 Å². The summed E-state index contributed by atoms with van der Waals surface area (Å²) in [5, 5.41) is 18.7. The summed E-state index contributed by atoms with van der Waals surface area (Å²) in [6.45, 7) is 1.73. The first-order chi connectivity index (χ1) is 12.5. The van der Waals surface area contributed by atoms with Crippen LogP contribution in [0.25, 0.3) is 0 Å². The van der Waals surface area contributed by atoms with Crippen LogP contribution in [0.2, 0.25) is 0 Å². The maximum atomic E-state index is 12.7. The molecule has 0 aromatic heterocycles. The van der Waals surface area contributed by atoms with Crippen molar-refractivity contribution in [2.24, 2.45) is 5.73 Å². The second-order valence-electron chi connectivity index (χ2n) is 6.55. The lowest BCUT2D eigenvalue weighted by Gasteiger charge is -2.32. The van der Waals surface area contributed by atoms with E-state index >= 15 is 0 Å². The van der Waals surface area contributed by atoms with Crippen LogP contribution in [0, 0.1) is 0 Å². The van der Waals surface area contributed by atoms with Gasteiger partial charge < -0.3 is 20.8 Å². The van der Waals surface area contributed by atoms with Crippen molar-refractivity contribution >= 4 is 11.9 Å². The SMILES string of the molecule is NCc1cccc(C2CCN(C(=O)c3ccc(O)c(C(=O)O)c3)CC2)c1. The number of benzene rings is 2. The summed E-state index contributed by atoms with van der Waals surface area (Å²) in [5.41, 5.74) is 8.08. The predicted octanol–water partition coefficient (Wildman–Crippen LogP) is 2.57. The molecule has 1 aliphatic rings. The molecule has 0 bridgehead atoms. The molecule has 1 aliphatic heterocycles. The number of rotatable bonds is 4. The van der Waals surface area contributed by atoms with Gasteiger partial charge in [0.2, 0.25) is 0 Å². The van der Waals surface area contributed by atoms with Crippen molar-refractivity contribution in [3.05, 3.63) is 64.7 Å². The Kier molecular flexibility index (Phi) is 5.23. The van der Waals surface area contributed by atoms with Crippen molar-refractivity contribution < 1.29 is 19.8 Å². The second kappa shape index (κ2) is 7.58. The zero-order chi connectivity index (χ0) is 18.7. The highest BCUT2D eigenvalue weighted by molar-refractivity contribution is 5.98. The van der Waals surface area contributed by atoms with Crippen molar-refractivity contribution in [2.75, 3.05) is 13.1 Å². The first-order valence-corrected chi connectivity index (χ1v) is 8.64. The molecule has 2 aromatic rings. The third kappa shape index (κ3) is 3.70. The summed E-state index contributed by atoms with van der Waals surface area (Å²) in [4.78, 5) is 25.5. The zero-order valence-electron chi connectivity index (χ0n) is 14.4. The van der Waals surface area contributed by atoms with E-state index < -0.39 is 5.97 Å². The molecule has 0 atom stereocenters. The number of carbonyl (C=O) groups is 2. The molecule has 1 saturated heterocycles. The average Bonchev–Trinajstić information content (AvgIpc) is 2.67. The van der Waals surface area contributed by atoms with E-state index in [1.807, 2.05) is 12.1 Å². The Hall–Kier alpha value is -2.86. The standard InChI is InChI=1S/C20H22N2O4/c21-12-13-2-1-3-15(10-13)14-6-8-22(9-7-14)19(24)16-4-5-18(23)17(11-16)20(25)26/h1-5,10-11,14,23H,6-9,12,21H2,(H,25,26). The van der Waals surface area contributed by atoms with Crippen LogP contribution in [0.15, 0.2) is 42.5 Å². The molecule has 136 valence electrons. The highest BCUT2D eigenvalue weighted by Gasteiger charge is 2.25. The van der Waals surface area contributed by atoms with Gasteiger partial charge in [0.1, 0.15) is 11.3 Å². The number of carboxylic acid groups (broad SMARTS) is 1. The summed E-state index contributed by atoms with van der Waals surface area (Å²) >= 11 is 0. The Bertz CT molecular complexity index is 826. The summed E-state index contributed by atoms with van der Waals surface area (Å²) in [6, 6.07) is 12.2. The van der Waals surface area contributed by atoms with Gasteiger partial charge >= 0.3 is 5.97 Å². The maximum Gasteiger partial charge on any atom is 0.339 e. The van der Waals surface area contributed by atoms with E-state index in [0.717, 1.165) is 18.4 Å². The number of likely N-dealkylation sites (tertiary alicyclic amines) is 1. The number of hydrogen-bond acceptors (Lipinski definition) is 4. The molecule has 0 radical (unpaired) electrons. The first-order valence-electron chi connectivity index (χ1n) is 8.64. The molecule has 0 aliphatic carbocycles. The monoisotopic (exact) mass is 354 g/mol. The van der Waals surface area contributed by atoms with E-state index in [1.54, 1.807) is 4.90 Å². The third-order valence-corrected chi connectivity index (χ3v) is 4.91. The van der Waals surface area contributed by atoms with E-state index in [1.165, 1.54) is 23.8 Å². The van der Waals surface area contributed by atoms with Gasteiger partial charge in [0.15, 0.2) is 0 Å². The molecule has 1 amide bonds. The largest absolute Gasteiger partial charge is 0.507 e. The Morgan fingerprint density at radius 3 is 2.50 bits per heavy atom. The number of phenols is 1.